The highest BCUT2D eigenvalue weighted by Crippen LogP contribution is 2.25. The van der Waals surface area contributed by atoms with Crippen molar-refractivity contribution in [3.05, 3.63) is 25.3 Å². The molecule has 0 spiro atoms. The van der Waals surface area contributed by atoms with Crippen molar-refractivity contribution in [3.63, 3.8) is 0 Å². The molecule has 4 unspecified atom stereocenters. The van der Waals surface area contributed by atoms with Crippen LogP contribution in [0.4, 0.5) is 0 Å². The molecule has 0 radical (unpaired) electrons. The molecule has 0 aromatic carbocycles. The zero-order chi connectivity index (χ0) is 19.3. The number of alkyl halides is 1. The van der Waals surface area contributed by atoms with Gasteiger partial charge in [-0.1, -0.05) is 60.9 Å². The number of unbranched alkanes of at least 4 members (excludes halogenated alkanes) is 3. The Labute approximate surface area is 178 Å². The van der Waals surface area contributed by atoms with Gasteiger partial charge in [0.1, 0.15) is 0 Å². The van der Waals surface area contributed by atoms with E-state index in [1.807, 2.05) is 0 Å². The average molecular weight is 475 g/mol. The van der Waals surface area contributed by atoms with Crippen LogP contribution in [0.15, 0.2) is 25.3 Å². The van der Waals surface area contributed by atoms with Crippen LogP contribution in [0.3, 0.4) is 0 Å². The molecular weight excluding hydrogens is 429 g/mol. The maximum atomic E-state index is 4.02. The molecular formula is C24H45IN+. The molecule has 0 N–H and O–H groups in total. The molecule has 0 bridgehead atoms. The molecule has 1 aliphatic rings. The van der Waals surface area contributed by atoms with Crippen molar-refractivity contribution in [2.75, 3.05) is 31.1 Å². The van der Waals surface area contributed by atoms with E-state index in [1.54, 1.807) is 0 Å². The predicted octanol–water partition coefficient (Wildman–Crippen LogP) is 7.41. The first-order valence-corrected chi connectivity index (χ1v) is 12.7. The monoisotopic (exact) mass is 474 g/mol. The van der Waals surface area contributed by atoms with E-state index in [4.69, 9.17) is 0 Å². The highest BCUT2D eigenvalue weighted by atomic mass is 127. The zero-order valence-electron chi connectivity index (χ0n) is 17.7. The molecule has 1 heterocycles. The van der Waals surface area contributed by atoms with Crippen LogP contribution >= 0.6 is 22.6 Å². The minimum absolute atomic E-state index is 0.744. The Kier molecular flexibility index (Phi) is 13.2. The second kappa shape index (κ2) is 14.2. The Morgan fingerprint density at radius 3 is 2.38 bits per heavy atom. The number of nitrogens with zero attached hydrogens (tertiary/aromatic N) is 1. The summed E-state index contributed by atoms with van der Waals surface area (Å²) in [5, 5.41) is 0. The van der Waals surface area contributed by atoms with Gasteiger partial charge < -0.3 is 4.48 Å². The lowest BCUT2D eigenvalue weighted by atomic mass is 9.93. The number of allylic oxidation sites excluding steroid dienone is 1. The second-order valence-corrected chi connectivity index (χ2v) is 9.83. The van der Waals surface area contributed by atoms with E-state index in [2.05, 4.69) is 61.9 Å². The smallest absolute Gasteiger partial charge is 0.0848 e. The maximum Gasteiger partial charge on any atom is 0.0848 e. The zero-order valence-corrected chi connectivity index (χ0v) is 19.9. The van der Waals surface area contributed by atoms with Gasteiger partial charge in [0.2, 0.25) is 0 Å². The molecule has 1 fully saturated rings. The van der Waals surface area contributed by atoms with E-state index in [1.165, 1.54) is 99.2 Å². The second-order valence-electron chi connectivity index (χ2n) is 8.95. The van der Waals surface area contributed by atoms with Gasteiger partial charge in [-0.05, 0) is 63.2 Å². The van der Waals surface area contributed by atoms with Crippen LogP contribution in [0.2, 0.25) is 0 Å². The minimum Gasteiger partial charge on any atom is -0.326 e. The lowest BCUT2D eigenvalue weighted by Gasteiger charge is -2.40. The van der Waals surface area contributed by atoms with Gasteiger partial charge in [0.05, 0.1) is 26.7 Å². The highest BCUT2D eigenvalue weighted by molar-refractivity contribution is 14.1. The lowest BCUT2D eigenvalue weighted by molar-refractivity contribution is -0.917. The SMILES string of the molecule is C=CC(CC)CCCCC(CI)CCCCC[N+]1(C)CCCC(C=C)C1. The molecule has 152 valence electrons. The van der Waals surface area contributed by atoms with Crippen LogP contribution in [-0.4, -0.2) is 35.6 Å². The minimum atomic E-state index is 0.744. The summed E-state index contributed by atoms with van der Waals surface area (Å²) in [5.74, 6) is 2.45. The van der Waals surface area contributed by atoms with E-state index in [0.717, 1.165) is 17.8 Å². The molecule has 0 aliphatic carbocycles. The molecule has 1 saturated heterocycles. The molecule has 1 rings (SSSR count). The van der Waals surface area contributed by atoms with Crippen LogP contribution in [0.25, 0.3) is 0 Å². The first kappa shape index (κ1) is 24.2. The van der Waals surface area contributed by atoms with E-state index in [0.29, 0.717) is 0 Å². The van der Waals surface area contributed by atoms with Crippen LogP contribution in [0.1, 0.15) is 77.6 Å². The normalized spacial score (nSPS) is 25.6. The molecule has 0 aromatic heterocycles. The molecule has 0 amide bonds. The fourth-order valence-electron chi connectivity index (χ4n) is 4.61. The molecule has 0 aromatic rings. The molecule has 1 nitrogen and oxygen atoms in total. The van der Waals surface area contributed by atoms with Crippen molar-refractivity contribution in [2.24, 2.45) is 17.8 Å². The fraction of sp³-hybridized carbons (Fsp3) is 0.833. The van der Waals surface area contributed by atoms with E-state index >= 15 is 0 Å². The quantitative estimate of drug-likeness (QED) is 0.0762. The van der Waals surface area contributed by atoms with Crippen molar-refractivity contribution in [2.45, 2.75) is 77.6 Å². The third kappa shape index (κ3) is 9.92. The van der Waals surface area contributed by atoms with Gasteiger partial charge in [0.25, 0.3) is 0 Å². The van der Waals surface area contributed by atoms with Crippen LogP contribution in [0.5, 0.6) is 0 Å². The summed E-state index contributed by atoms with van der Waals surface area (Å²) in [6.07, 6.45) is 19.6. The maximum absolute atomic E-state index is 4.02. The van der Waals surface area contributed by atoms with Crippen molar-refractivity contribution in [1.29, 1.82) is 0 Å². The highest BCUT2D eigenvalue weighted by Gasteiger charge is 2.29. The third-order valence-corrected chi connectivity index (χ3v) is 7.85. The van der Waals surface area contributed by atoms with Gasteiger partial charge in [-0.15, -0.1) is 13.2 Å². The van der Waals surface area contributed by atoms with Gasteiger partial charge in [-0.25, -0.2) is 0 Å². The summed E-state index contributed by atoms with van der Waals surface area (Å²) in [6.45, 7) is 14.3. The van der Waals surface area contributed by atoms with Gasteiger partial charge >= 0.3 is 0 Å². The largest absolute Gasteiger partial charge is 0.326 e. The van der Waals surface area contributed by atoms with Gasteiger partial charge in [0, 0.05) is 10.3 Å². The Balaban J connectivity index is 2.11. The third-order valence-electron chi connectivity index (χ3n) is 6.61. The Hall–Kier alpha value is 0.170. The summed E-state index contributed by atoms with van der Waals surface area (Å²) in [6, 6.07) is 0. The fourth-order valence-corrected chi connectivity index (χ4v) is 5.49. The number of likely N-dealkylation sites (tertiary alicyclic amines) is 1. The standard InChI is InChI=1S/C24H45IN/c1-5-22(6-2)14-10-11-16-24(20-25)15-9-8-12-18-26(4)19-13-17-23(7-3)21-26/h5,7,22-24H,1,3,6,8-21H2,2,4H3/q+1. The van der Waals surface area contributed by atoms with Crippen LogP contribution in [0, 0.1) is 17.8 Å². The molecule has 2 heteroatoms. The number of piperidine rings is 1. The number of halogens is 1. The molecule has 4 atom stereocenters. The van der Waals surface area contributed by atoms with Crippen molar-refractivity contribution in [1.82, 2.24) is 0 Å². The Bertz CT molecular complexity index is 380. The molecule has 26 heavy (non-hydrogen) atoms. The lowest BCUT2D eigenvalue weighted by Crippen LogP contribution is -2.51. The number of quaternary nitrogens is 1. The summed E-state index contributed by atoms with van der Waals surface area (Å²) in [7, 11) is 2.47. The Morgan fingerprint density at radius 1 is 1.08 bits per heavy atom. The van der Waals surface area contributed by atoms with Crippen molar-refractivity contribution >= 4 is 22.6 Å². The average Bonchev–Trinajstić information content (AvgIpc) is 2.66. The summed E-state index contributed by atoms with van der Waals surface area (Å²) in [5.41, 5.74) is 0. The summed E-state index contributed by atoms with van der Waals surface area (Å²) in [4.78, 5) is 0. The predicted molar refractivity (Wildman–Crippen MR) is 127 cm³/mol. The molecule has 0 saturated carbocycles. The number of hydrogen-bond acceptors (Lipinski definition) is 0. The van der Waals surface area contributed by atoms with E-state index < -0.39 is 0 Å². The first-order chi connectivity index (χ1) is 12.6. The van der Waals surface area contributed by atoms with Crippen molar-refractivity contribution < 1.29 is 4.48 Å². The van der Waals surface area contributed by atoms with Crippen LogP contribution in [-0.2, 0) is 0 Å². The van der Waals surface area contributed by atoms with Crippen LogP contribution < -0.4 is 0 Å². The topological polar surface area (TPSA) is 0 Å². The van der Waals surface area contributed by atoms with Gasteiger partial charge in [0.15, 0.2) is 0 Å². The Morgan fingerprint density at radius 2 is 1.77 bits per heavy atom. The van der Waals surface area contributed by atoms with Crippen molar-refractivity contribution in [3.8, 4) is 0 Å². The summed E-state index contributed by atoms with van der Waals surface area (Å²) >= 11 is 2.61. The summed E-state index contributed by atoms with van der Waals surface area (Å²) < 4.78 is 2.62. The number of rotatable bonds is 15. The first-order valence-electron chi connectivity index (χ1n) is 11.2. The van der Waals surface area contributed by atoms with E-state index in [9.17, 15) is 0 Å². The molecule has 1 aliphatic heterocycles. The van der Waals surface area contributed by atoms with Gasteiger partial charge in [-0.3, -0.25) is 0 Å². The number of hydrogen-bond donors (Lipinski definition) is 0. The van der Waals surface area contributed by atoms with E-state index in [-0.39, 0.29) is 0 Å². The van der Waals surface area contributed by atoms with Gasteiger partial charge in [-0.2, -0.15) is 0 Å².